The normalized spacial score (nSPS) is 18.0. The fourth-order valence-electron chi connectivity index (χ4n) is 3.41. The van der Waals surface area contributed by atoms with Gasteiger partial charge in [0.25, 0.3) is 11.5 Å². The molecular formula is C18H19N3O2S2. The molecule has 4 rings (SSSR count). The van der Waals surface area contributed by atoms with Crippen LogP contribution >= 0.6 is 22.7 Å². The third-order valence-electron chi connectivity index (χ3n) is 4.88. The fourth-order valence-corrected chi connectivity index (χ4v) is 5.13. The van der Waals surface area contributed by atoms with E-state index in [0.29, 0.717) is 17.8 Å². The third kappa shape index (κ3) is 2.91. The van der Waals surface area contributed by atoms with Crippen molar-refractivity contribution in [2.45, 2.75) is 32.6 Å². The van der Waals surface area contributed by atoms with Gasteiger partial charge in [0.15, 0.2) is 0 Å². The monoisotopic (exact) mass is 373 g/mol. The van der Waals surface area contributed by atoms with Crippen molar-refractivity contribution in [1.82, 2.24) is 14.9 Å². The largest absolute Gasteiger partial charge is 0.337 e. The summed E-state index contributed by atoms with van der Waals surface area (Å²) in [7, 11) is 0. The van der Waals surface area contributed by atoms with E-state index in [0.717, 1.165) is 39.5 Å². The van der Waals surface area contributed by atoms with Gasteiger partial charge in [0, 0.05) is 23.9 Å². The van der Waals surface area contributed by atoms with Crippen molar-refractivity contribution in [3.63, 3.8) is 0 Å². The highest BCUT2D eigenvalue weighted by molar-refractivity contribution is 7.18. The van der Waals surface area contributed by atoms with Gasteiger partial charge in [-0.3, -0.25) is 9.59 Å². The van der Waals surface area contributed by atoms with Crippen molar-refractivity contribution in [2.24, 2.45) is 0 Å². The molecule has 0 aliphatic carbocycles. The molecule has 0 saturated carbocycles. The number of likely N-dealkylation sites (tertiary alicyclic amines) is 1. The first-order valence-corrected chi connectivity index (χ1v) is 10.1. The molecule has 3 aromatic heterocycles. The van der Waals surface area contributed by atoms with E-state index in [9.17, 15) is 9.59 Å². The maximum absolute atomic E-state index is 12.6. The molecule has 25 heavy (non-hydrogen) atoms. The molecule has 1 amide bonds. The Labute approximate surface area is 153 Å². The van der Waals surface area contributed by atoms with Crippen molar-refractivity contribution >= 4 is 38.8 Å². The van der Waals surface area contributed by atoms with Gasteiger partial charge in [-0.15, -0.1) is 22.7 Å². The van der Waals surface area contributed by atoms with E-state index >= 15 is 0 Å². The molecule has 1 unspecified atom stereocenters. The van der Waals surface area contributed by atoms with E-state index in [2.05, 4.69) is 4.98 Å². The zero-order chi connectivity index (χ0) is 17.6. The number of aromatic amines is 1. The number of aryl methyl sites for hydroxylation is 2. The van der Waals surface area contributed by atoms with Gasteiger partial charge >= 0.3 is 0 Å². The van der Waals surface area contributed by atoms with Crippen LogP contribution in [0.1, 0.15) is 44.7 Å². The lowest BCUT2D eigenvalue weighted by molar-refractivity contribution is 0.0709. The number of aromatic nitrogens is 2. The van der Waals surface area contributed by atoms with Crippen LogP contribution in [0.2, 0.25) is 0 Å². The van der Waals surface area contributed by atoms with E-state index in [1.54, 1.807) is 11.3 Å². The number of carbonyl (C=O) groups excluding carboxylic acids is 1. The van der Waals surface area contributed by atoms with E-state index < -0.39 is 0 Å². The highest BCUT2D eigenvalue weighted by atomic mass is 32.1. The topological polar surface area (TPSA) is 66.1 Å². The van der Waals surface area contributed by atoms with Gasteiger partial charge in [-0.25, -0.2) is 4.98 Å². The van der Waals surface area contributed by atoms with Gasteiger partial charge in [-0.1, -0.05) is 6.07 Å². The Morgan fingerprint density at radius 3 is 3.00 bits per heavy atom. The Bertz CT molecular complexity index is 988. The minimum Gasteiger partial charge on any atom is -0.337 e. The van der Waals surface area contributed by atoms with Gasteiger partial charge in [0.05, 0.1) is 10.3 Å². The number of carbonyl (C=O) groups is 1. The molecule has 1 aliphatic heterocycles. The van der Waals surface area contributed by atoms with Crippen LogP contribution in [0.4, 0.5) is 0 Å². The third-order valence-corrected chi connectivity index (χ3v) is 6.84. The first-order valence-electron chi connectivity index (χ1n) is 8.37. The molecular weight excluding hydrogens is 354 g/mol. The Hall–Kier alpha value is -1.99. The highest BCUT2D eigenvalue weighted by Gasteiger charge is 2.28. The number of H-pyrrole nitrogens is 1. The molecule has 4 heterocycles. The summed E-state index contributed by atoms with van der Waals surface area (Å²) in [5, 5.41) is 2.62. The number of rotatable bonds is 2. The van der Waals surface area contributed by atoms with Gasteiger partial charge in [0.1, 0.15) is 10.7 Å². The van der Waals surface area contributed by atoms with Gasteiger partial charge in [-0.2, -0.15) is 0 Å². The van der Waals surface area contributed by atoms with Gasteiger partial charge < -0.3 is 9.88 Å². The summed E-state index contributed by atoms with van der Waals surface area (Å²) in [5.74, 6) is 0.867. The Morgan fingerprint density at radius 2 is 2.24 bits per heavy atom. The standard InChI is InChI=1S/C18H19N3O2S2/c1-10-11(2)25-17-14(10)16(22)19-15(20-17)12-5-3-7-21(9-12)18(23)13-6-4-8-24-13/h4,6,8,12H,3,5,7,9H2,1-2H3,(H,19,20,22). The number of hydrogen-bond acceptors (Lipinski definition) is 5. The van der Waals surface area contributed by atoms with Crippen molar-refractivity contribution < 1.29 is 4.79 Å². The second-order valence-corrected chi connectivity index (χ2v) is 8.63. The van der Waals surface area contributed by atoms with Crippen LogP contribution in [0.5, 0.6) is 0 Å². The maximum Gasteiger partial charge on any atom is 0.263 e. The lowest BCUT2D eigenvalue weighted by Gasteiger charge is -2.32. The van der Waals surface area contributed by atoms with Crippen LogP contribution in [0.25, 0.3) is 10.2 Å². The molecule has 7 heteroatoms. The Morgan fingerprint density at radius 1 is 1.40 bits per heavy atom. The summed E-state index contributed by atoms with van der Waals surface area (Å²) in [5.41, 5.74) is 0.946. The molecule has 1 aliphatic rings. The molecule has 0 aromatic carbocycles. The number of amides is 1. The fraction of sp³-hybridized carbons (Fsp3) is 0.389. The van der Waals surface area contributed by atoms with Gasteiger partial charge in [-0.05, 0) is 43.7 Å². The van der Waals surface area contributed by atoms with Crippen molar-refractivity contribution in [3.8, 4) is 0 Å². The number of thiophene rings is 2. The van der Waals surface area contributed by atoms with Crippen LogP contribution in [-0.2, 0) is 0 Å². The van der Waals surface area contributed by atoms with Gasteiger partial charge in [0.2, 0.25) is 0 Å². The minimum atomic E-state index is -0.0662. The average molecular weight is 374 g/mol. The smallest absolute Gasteiger partial charge is 0.263 e. The maximum atomic E-state index is 12.6. The van der Waals surface area contributed by atoms with Crippen LogP contribution in [0.15, 0.2) is 22.3 Å². The molecule has 5 nitrogen and oxygen atoms in total. The molecule has 1 saturated heterocycles. The zero-order valence-corrected chi connectivity index (χ0v) is 15.8. The average Bonchev–Trinajstić information content (AvgIpc) is 3.23. The number of nitrogens with zero attached hydrogens (tertiary/aromatic N) is 2. The van der Waals surface area contributed by atoms with Crippen LogP contribution in [0.3, 0.4) is 0 Å². The second kappa shape index (κ2) is 6.38. The van der Waals surface area contributed by atoms with E-state index in [-0.39, 0.29) is 17.4 Å². The summed E-state index contributed by atoms with van der Waals surface area (Å²) in [6.07, 6.45) is 1.86. The van der Waals surface area contributed by atoms with Crippen molar-refractivity contribution in [1.29, 1.82) is 0 Å². The number of fused-ring (bicyclic) bond motifs is 1. The molecule has 1 fully saturated rings. The zero-order valence-electron chi connectivity index (χ0n) is 14.2. The molecule has 1 atom stereocenters. The van der Waals surface area contributed by atoms with Crippen LogP contribution < -0.4 is 5.56 Å². The quantitative estimate of drug-likeness (QED) is 0.745. The molecule has 1 N–H and O–H groups in total. The predicted octanol–water partition coefficient (Wildman–Crippen LogP) is 3.68. The summed E-state index contributed by atoms with van der Waals surface area (Å²) in [6.45, 7) is 5.35. The predicted molar refractivity (Wildman–Crippen MR) is 102 cm³/mol. The van der Waals surface area contributed by atoms with E-state index in [1.807, 2.05) is 36.3 Å². The second-order valence-electron chi connectivity index (χ2n) is 6.48. The van der Waals surface area contributed by atoms with Crippen molar-refractivity contribution in [2.75, 3.05) is 13.1 Å². The Kier molecular flexibility index (Phi) is 4.21. The molecule has 0 spiro atoms. The molecule has 3 aromatic rings. The number of hydrogen-bond donors (Lipinski definition) is 1. The van der Waals surface area contributed by atoms with Crippen LogP contribution in [-0.4, -0.2) is 33.9 Å². The summed E-state index contributed by atoms with van der Waals surface area (Å²) < 4.78 is 0. The minimum absolute atomic E-state index is 0.0662. The number of nitrogens with one attached hydrogen (secondary N) is 1. The first-order chi connectivity index (χ1) is 12.0. The lowest BCUT2D eigenvalue weighted by atomic mass is 9.97. The van der Waals surface area contributed by atoms with Crippen LogP contribution in [0, 0.1) is 13.8 Å². The summed E-state index contributed by atoms with van der Waals surface area (Å²) in [4.78, 5) is 37.4. The van der Waals surface area contributed by atoms with Crippen molar-refractivity contribution in [3.05, 3.63) is 49.0 Å². The SMILES string of the molecule is Cc1sc2nc(C3CCCN(C(=O)c4cccs4)C3)[nH]c(=O)c2c1C. The summed E-state index contributed by atoms with van der Waals surface area (Å²) in [6, 6.07) is 3.76. The lowest BCUT2D eigenvalue weighted by Crippen LogP contribution is -2.39. The summed E-state index contributed by atoms with van der Waals surface area (Å²) >= 11 is 3.03. The molecule has 0 radical (unpaired) electrons. The number of piperidine rings is 1. The first kappa shape index (κ1) is 16.5. The molecule has 130 valence electrons. The van der Waals surface area contributed by atoms with E-state index in [1.165, 1.54) is 11.3 Å². The van der Waals surface area contributed by atoms with E-state index in [4.69, 9.17) is 4.98 Å². The highest BCUT2D eigenvalue weighted by Crippen LogP contribution is 2.30. The molecule has 0 bridgehead atoms. The Balaban J connectivity index is 1.64.